The van der Waals surface area contributed by atoms with E-state index >= 15 is 0 Å². The second-order valence-corrected chi connectivity index (χ2v) is 4.88. The number of aryl methyl sites for hydroxylation is 1. The SMILES string of the molecule is C=CCCc1cn([C@@H]2O[C@H](CO)[C@@H](O)[C@H]2O)c(=O)[nH]c1=O. The van der Waals surface area contributed by atoms with Gasteiger partial charge in [0.25, 0.3) is 5.56 Å². The summed E-state index contributed by atoms with van der Waals surface area (Å²) in [6.45, 7) is 3.07. The van der Waals surface area contributed by atoms with Crippen LogP contribution < -0.4 is 11.2 Å². The highest BCUT2D eigenvalue weighted by Gasteiger charge is 2.43. The summed E-state index contributed by atoms with van der Waals surface area (Å²) in [4.78, 5) is 25.7. The van der Waals surface area contributed by atoms with E-state index in [-0.39, 0.29) is 0 Å². The number of H-pyrrole nitrogens is 1. The van der Waals surface area contributed by atoms with Crippen molar-refractivity contribution in [2.75, 3.05) is 6.61 Å². The lowest BCUT2D eigenvalue weighted by Gasteiger charge is -2.17. The Labute approximate surface area is 119 Å². The molecule has 1 saturated heterocycles. The van der Waals surface area contributed by atoms with Gasteiger partial charge in [0.1, 0.15) is 18.3 Å². The summed E-state index contributed by atoms with van der Waals surface area (Å²) >= 11 is 0. The molecule has 0 radical (unpaired) electrons. The van der Waals surface area contributed by atoms with Crippen molar-refractivity contribution >= 4 is 0 Å². The van der Waals surface area contributed by atoms with Crippen LogP contribution in [0.1, 0.15) is 18.2 Å². The smallest absolute Gasteiger partial charge is 0.330 e. The third-order valence-electron chi connectivity index (χ3n) is 3.45. The Bertz CT molecular complexity index is 622. The summed E-state index contributed by atoms with van der Waals surface area (Å²) in [5.74, 6) is 0. The number of allylic oxidation sites excluding steroid dienone is 1. The van der Waals surface area contributed by atoms with E-state index in [2.05, 4.69) is 11.6 Å². The first kappa shape index (κ1) is 15.6. The van der Waals surface area contributed by atoms with E-state index in [4.69, 9.17) is 9.84 Å². The third-order valence-corrected chi connectivity index (χ3v) is 3.45. The minimum Gasteiger partial charge on any atom is -0.394 e. The first-order valence-corrected chi connectivity index (χ1v) is 6.57. The molecule has 1 fully saturated rings. The van der Waals surface area contributed by atoms with Gasteiger partial charge < -0.3 is 20.1 Å². The summed E-state index contributed by atoms with van der Waals surface area (Å²) in [5, 5.41) is 28.7. The van der Waals surface area contributed by atoms with Gasteiger partial charge in [-0.05, 0) is 12.8 Å². The van der Waals surface area contributed by atoms with Gasteiger partial charge in [0, 0.05) is 11.8 Å². The molecular weight excluding hydrogens is 280 g/mol. The summed E-state index contributed by atoms with van der Waals surface area (Å²) in [6.07, 6.45) is -0.963. The van der Waals surface area contributed by atoms with E-state index in [9.17, 15) is 19.8 Å². The third kappa shape index (κ3) is 2.98. The number of nitrogens with one attached hydrogen (secondary N) is 1. The molecule has 2 heterocycles. The predicted octanol–water partition coefficient (Wildman–Crippen LogP) is -1.73. The lowest BCUT2D eigenvalue weighted by molar-refractivity contribution is -0.0551. The number of ether oxygens (including phenoxy) is 1. The van der Waals surface area contributed by atoms with E-state index in [1.807, 2.05) is 0 Å². The molecule has 0 spiro atoms. The van der Waals surface area contributed by atoms with Gasteiger partial charge in [0.15, 0.2) is 6.23 Å². The number of hydrogen-bond acceptors (Lipinski definition) is 6. The highest BCUT2D eigenvalue weighted by molar-refractivity contribution is 5.07. The lowest BCUT2D eigenvalue weighted by atomic mass is 10.1. The van der Waals surface area contributed by atoms with Crippen LogP contribution in [0, 0.1) is 0 Å². The fourth-order valence-electron chi connectivity index (χ4n) is 2.26. The molecule has 0 amide bonds. The van der Waals surface area contributed by atoms with E-state index < -0.39 is 42.4 Å². The molecule has 1 aromatic heterocycles. The fourth-order valence-corrected chi connectivity index (χ4v) is 2.26. The minimum absolute atomic E-state index is 0.340. The average Bonchev–Trinajstić information content (AvgIpc) is 2.74. The van der Waals surface area contributed by atoms with Gasteiger partial charge >= 0.3 is 5.69 Å². The molecule has 1 aliphatic rings. The summed E-state index contributed by atoms with van der Waals surface area (Å²) < 4.78 is 6.29. The highest BCUT2D eigenvalue weighted by atomic mass is 16.6. The summed E-state index contributed by atoms with van der Waals surface area (Å²) in [6, 6.07) is 0. The Morgan fingerprint density at radius 3 is 2.67 bits per heavy atom. The van der Waals surface area contributed by atoms with Crippen molar-refractivity contribution in [3.05, 3.63) is 45.3 Å². The zero-order valence-corrected chi connectivity index (χ0v) is 11.3. The molecule has 8 heteroatoms. The van der Waals surface area contributed by atoms with Crippen LogP contribution in [0.15, 0.2) is 28.4 Å². The standard InChI is InChI=1S/C13H18N2O6/c1-2-3-4-7-5-15(13(20)14-11(7)19)12-10(18)9(17)8(6-16)21-12/h2,5,8-10,12,16-18H,1,3-4,6H2,(H,14,19,20)/t8-,9-,10-,12-/m1/s1. The predicted molar refractivity (Wildman–Crippen MR) is 72.9 cm³/mol. The van der Waals surface area contributed by atoms with Gasteiger partial charge in [-0.15, -0.1) is 6.58 Å². The van der Waals surface area contributed by atoms with Crippen molar-refractivity contribution in [1.29, 1.82) is 0 Å². The zero-order valence-electron chi connectivity index (χ0n) is 11.3. The minimum atomic E-state index is -1.38. The van der Waals surface area contributed by atoms with E-state index in [1.165, 1.54) is 6.20 Å². The summed E-state index contributed by atoms with van der Waals surface area (Å²) in [7, 11) is 0. The summed E-state index contributed by atoms with van der Waals surface area (Å²) in [5.41, 5.74) is -0.922. The topological polar surface area (TPSA) is 125 Å². The molecule has 8 nitrogen and oxygen atoms in total. The molecule has 0 aromatic carbocycles. The number of hydrogen-bond donors (Lipinski definition) is 4. The molecule has 0 unspecified atom stereocenters. The number of aromatic amines is 1. The van der Waals surface area contributed by atoms with Crippen molar-refractivity contribution in [2.24, 2.45) is 0 Å². The first-order valence-electron chi connectivity index (χ1n) is 6.57. The van der Waals surface area contributed by atoms with Crippen molar-refractivity contribution in [1.82, 2.24) is 9.55 Å². The van der Waals surface area contributed by atoms with E-state index in [0.717, 1.165) is 4.57 Å². The highest BCUT2D eigenvalue weighted by Crippen LogP contribution is 2.27. The van der Waals surface area contributed by atoms with E-state index in [1.54, 1.807) is 6.08 Å². The molecule has 0 saturated carbocycles. The van der Waals surface area contributed by atoms with Gasteiger partial charge in [0.05, 0.1) is 6.61 Å². The Morgan fingerprint density at radius 2 is 2.10 bits per heavy atom. The van der Waals surface area contributed by atoms with Crippen LogP contribution in [0.5, 0.6) is 0 Å². The van der Waals surface area contributed by atoms with E-state index in [0.29, 0.717) is 18.4 Å². The van der Waals surface area contributed by atoms with Crippen LogP contribution in [0.2, 0.25) is 0 Å². The molecule has 4 atom stereocenters. The molecule has 0 bridgehead atoms. The molecule has 1 aliphatic heterocycles. The largest absolute Gasteiger partial charge is 0.394 e. The fraction of sp³-hybridized carbons (Fsp3) is 0.538. The van der Waals surface area contributed by atoms with Gasteiger partial charge in [0.2, 0.25) is 0 Å². The van der Waals surface area contributed by atoms with Crippen LogP contribution in [0.4, 0.5) is 0 Å². The van der Waals surface area contributed by atoms with Gasteiger partial charge in [-0.25, -0.2) is 4.79 Å². The van der Waals surface area contributed by atoms with Crippen LogP contribution >= 0.6 is 0 Å². The maximum atomic E-state index is 11.9. The van der Waals surface area contributed by atoms with Crippen LogP contribution in [-0.2, 0) is 11.2 Å². The quantitative estimate of drug-likeness (QED) is 0.479. The normalized spacial score (nSPS) is 28.7. The van der Waals surface area contributed by atoms with Gasteiger partial charge in [-0.2, -0.15) is 0 Å². The maximum Gasteiger partial charge on any atom is 0.330 e. The zero-order chi connectivity index (χ0) is 15.6. The second-order valence-electron chi connectivity index (χ2n) is 4.88. The van der Waals surface area contributed by atoms with Crippen molar-refractivity contribution in [3.63, 3.8) is 0 Å². The second kappa shape index (κ2) is 6.35. The number of rotatable bonds is 5. The Morgan fingerprint density at radius 1 is 1.38 bits per heavy atom. The molecule has 116 valence electrons. The molecule has 4 N–H and O–H groups in total. The Hall–Kier alpha value is -1.74. The van der Waals surface area contributed by atoms with Gasteiger partial charge in [-0.1, -0.05) is 6.08 Å². The van der Waals surface area contributed by atoms with Crippen LogP contribution in [0.25, 0.3) is 0 Å². The number of aliphatic hydroxyl groups is 3. The first-order chi connectivity index (χ1) is 9.99. The number of nitrogens with zero attached hydrogens (tertiary/aromatic N) is 1. The molecule has 2 rings (SSSR count). The number of aliphatic hydroxyl groups excluding tert-OH is 3. The van der Waals surface area contributed by atoms with Crippen LogP contribution in [-0.4, -0.2) is 49.8 Å². The van der Waals surface area contributed by atoms with Crippen LogP contribution in [0.3, 0.4) is 0 Å². The monoisotopic (exact) mass is 298 g/mol. The average molecular weight is 298 g/mol. The van der Waals surface area contributed by atoms with Crippen molar-refractivity contribution < 1.29 is 20.1 Å². The van der Waals surface area contributed by atoms with Gasteiger partial charge in [-0.3, -0.25) is 14.3 Å². The molecule has 21 heavy (non-hydrogen) atoms. The van der Waals surface area contributed by atoms with Crippen molar-refractivity contribution in [3.8, 4) is 0 Å². The molecular formula is C13H18N2O6. The lowest BCUT2D eigenvalue weighted by Crippen LogP contribution is -2.38. The number of aromatic nitrogens is 2. The van der Waals surface area contributed by atoms with Crippen molar-refractivity contribution in [2.45, 2.75) is 37.4 Å². The Kier molecular flexibility index (Phi) is 4.73. The molecule has 0 aliphatic carbocycles. The maximum absolute atomic E-state index is 11.9. The molecule has 1 aromatic rings. The Balaban J connectivity index is 2.37.